The summed E-state index contributed by atoms with van der Waals surface area (Å²) in [7, 11) is 0. The fourth-order valence-corrected chi connectivity index (χ4v) is 16.9. The van der Waals surface area contributed by atoms with Crippen LogP contribution in [0.5, 0.6) is 0 Å². The average molecular weight is 1290 g/mol. The standard InChI is InChI=1S/C86H56F6N4O2/c1-83(2,95-63-37-15-5-27-53(63)54-28-6-16-38-64(54)95)79-73(49-23-21-25-51(47-49)85(87,88)89)81(93-61-35-13-9-31-57(61)75-67(93)43-45-71-77(75)59-33-11-19-41-69(59)97-71)80(84(3,4)96-65-39-17-7-29-55(65)56-30-8-18-40-66(56)96)82(74(79)50-24-22-26-52(48-50)86(90,91)92)94-62-36-14-10-32-58(62)76-68(94)44-46-72-78(76)60-34-12-20-42-70(60)98-72/h5-48H,1-4H3. The Morgan fingerprint density at radius 2 is 0.582 bits per heavy atom. The van der Waals surface area contributed by atoms with Crippen LogP contribution in [0.2, 0.25) is 0 Å². The fourth-order valence-electron chi connectivity index (χ4n) is 16.9. The predicted molar refractivity (Wildman–Crippen MR) is 386 cm³/mol. The number of nitrogens with zero attached hydrogens (tertiary/aromatic N) is 4. The van der Waals surface area contributed by atoms with E-state index >= 15 is 26.3 Å². The van der Waals surface area contributed by atoms with Crippen molar-refractivity contribution < 1.29 is 35.2 Å². The van der Waals surface area contributed by atoms with Crippen LogP contribution in [-0.2, 0) is 23.4 Å². The van der Waals surface area contributed by atoms with Gasteiger partial charge in [-0.3, -0.25) is 0 Å². The Kier molecular flexibility index (Phi) is 12.0. The van der Waals surface area contributed by atoms with E-state index in [9.17, 15) is 0 Å². The van der Waals surface area contributed by atoms with Crippen LogP contribution in [0.1, 0.15) is 49.9 Å². The maximum Gasteiger partial charge on any atom is 0.416 e. The second kappa shape index (κ2) is 20.4. The summed E-state index contributed by atoms with van der Waals surface area (Å²) in [6.45, 7) is 8.45. The lowest BCUT2D eigenvalue weighted by atomic mass is 9.74. The Bertz CT molecular complexity index is 6240. The van der Waals surface area contributed by atoms with E-state index in [1.54, 1.807) is 12.1 Å². The Balaban J connectivity index is 1.17. The maximum atomic E-state index is 16.3. The summed E-state index contributed by atoms with van der Waals surface area (Å²) in [5, 5.41) is 10.6. The lowest BCUT2D eigenvalue weighted by Gasteiger charge is -2.42. The molecule has 19 rings (SSSR count). The van der Waals surface area contributed by atoms with Gasteiger partial charge in [0.05, 0.1) is 55.6 Å². The Hall–Kier alpha value is -11.8. The van der Waals surface area contributed by atoms with Gasteiger partial charge in [-0.1, -0.05) is 170 Å². The smallest absolute Gasteiger partial charge is 0.416 e. The molecular weight excluding hydrogens is 1230 g/mol. The van der Waals surface area contributed by atoms with E-state index < -0.39 is 34.6 Å². The molecule has 0 bridgehead atoms. The molecule has 12 heteroatoms. The fraction of sp³-hybridized carbons (Fsp3) is 0.0930. The molecule has 0 fully saturated rings. The number of rotatable bonds is 8. The van der Waals surface area contributed by atoms with Crippen molar-refractivity contribution in [3.63, 3.8) is 0 Å². The molecule has 0 spiro atoms. The molecule has 0 aliphatic rings. The molecule has 0 saturated carbocycles. The predicted octanol–water partition coefficient (Wildman–Crippen LogP) is 24.8. The summed E-state index contributed by atoms with van der Waals surface area (Å²) in [5.74, 6) is 0. The quantitative estimate of drug-likeness (QED) is 0.142. The molecule has 6 aromatic heterocycles. The first-order chi connectivity index (χ1) is 47.5. The van der Waals surface area contributed by atoms with Gasteiger partial charge in [-0.2, -0.15) is 26.3 Å². The zero-order valence-electron chi connectivity index (χ0n) is 53.3. The average Bonchev–Trinajstić information content (AvgIpc) is 1.32. The number of furan rings is 2. The van der Waals surface area contributed by atoms with Gasteiger partial charge < -0.3 is 27.1 Å². The summed E-state index contributed by atoms with van der Waals surface area (Å²) in [4.78, 5) is 0. The van der Waals surface area contributed by atoms with Crippen LogP contribution in [0.3, 0.4) is 0 Å². The topological polar surface area (TPSA) is 46.0 Å². The first-order valence-corrected chi connectivity index (χ1v) is 32.7. The Morgan fingerprint density at radius 3 is 0.949 bits per heavy atom. The van der Waals surface area contributed by atoms with E-state index in [2.05, 4.69) is 107 Å². The summed E-state index contributed by atoms with van der Waals surface area (Å²) in [6.07, 6.45) is -9.69. The molecule has 98 heavy (non-hydrogen) atoms. The third-order valence-corrected chi connectivity index (χ3v) is 20.7. The molecule has 0 unspecified atom stereocenters. The summed E-state index contributed by atoms with van der Waals surface area (Å²) >= 11 is 0. The van der Waals surface area contributed by atoms with Gasteiger partial charge in [0.15, 0.2) is 0 Å². The van der Waals surface area contributed by atoms with Gasteiger partial charge in [0.25, 0.3) is 0 Å². The van der Waals surface area contributed by atoms with Gasteiger partial charge in [-0.05, 0) is 141 Å². The van der Waals surface area contributed by atoms with E-state index in [1.165, 1.54) is 24.3 Å². The monoisotopic (exact) mass is 1290 g/mol. The summed E-state index contributed by atoms with van der Waals surface area (Å²) in [5.41, 5.74) is 7.38. The summed E-state index contributed by atoms with van der Waals surface area (Å²) in [6, 6.07) is 83.8. The van der Waals surface area contributed by atoms with Crippen LogP contribution in [-0.4, -0.2) is 18.3 Å². The second-order valence-electron chi connectivity index (χ2n) is 26.8. The maximum absolute atomic E-state index is 16.3. The highest BCUT2D eigenvalue weighted by Crippen LogP contribution is 2.59. The van der Waals surface area contributed by atoms with E-state index in [0.717, 1.165) is 110 Å². The van der Waals surface area contributed by atoms with Crippen LogP contribution in [0.25, 0.3) is 165 Å². The van der Waals surface area contributed by atoms with Gasteiger partial charge in [0, 0.05) is 103 Å². The van der Waals surface area contributed by atoms with E-state index in [1.807, 2.05) is 158 Å². The molecule has 6 nitrogen and oxygen atoms in total. The lowest BCUT2D eigenvalue weighted by Crippen LogP contribution is -2.35. The van der Waals surface area contributed by atoms with Crippen molar-refractivity contribution in [3.05, 3.63) is 289 Å². The molecule has 0 N–H and O–H groups in total. The molecule has 0 aliphatic heterocycles. The lowest BCUT2D eigenvalue weighted by molar-refractivity contribution is -0.138. The highest BCUT2D eigenvalue weighted by Gasteiger charge is 2.45. The zero-order chi connectivity index (χ0) is 66.5. The minimum absolute atomic E-state index is 0.187. The minimum atomic E-state index is -4.85. The van der Waals surface area contributed by atoms with Crippen LogP contribution >= 0.6 is 0 Å². The van der Waals surface area contributed by atoms with E-state index in [4.69, 9.17) is 8.83 Å². The highest BCUT2D eigenvalue weighted by molar-refractivity contribution is 6.29. The molecule has 13 aromatic carbocycles. The van der Waals surface area contributed by atoms with Crippen molar-refractivity contribution in [1.29, 1.82) is 0 Å². The van der Waals surface area contributed by atoms with E-state index in [0.29, 0.717) is 67.0 Å². The van der Waals surface area contributed by atoms with Crippen LogP contribution in [0.15, 0.2) is 276 Å². The molecule has 6 heterocycles. The SMILES string of the molecule is CC(C)(c1c(-c2cccc(C(F)(F)F)c2)c(-n2c3ccccc3c3c4c(ccc32)oc2ccccc24)c(C(C)(C)n2c3ccccc3c3ccccc32)c(-n2c3ccccc3c3c4c(ccc32)oc2ccccc24)c1-c1cccc(C(F)(F)F)c1)n1c2ccccc2c2ccccc21. The number of benzene rings is 13. The number of halogens is 6. The normalized spacial score (nSPS) is 13.0. The van der Waals surface area contributed by atoms with Gasteiger partial charge in [-0.15, -0.1) is 0 Å². The van der Waals surface area contributed by atoms with Crippen molar-refractivity contribution in [2.75, 3.05) is 0 Å². The third kappa shape index (κ3) is 7.99. The van der Waals surface area contributed by atoms with Crippen molar-refractivity contribution >= 4 is 131 Å². The molecule has 0 radical (unpaired) electrons. The number of hydrogen-bond donors (Lipinski definition) is 0. The Labute approximate surface area is 555 Å². The van der Waals surface area contributed by atoms with Crippen LogP contribution in [0, 0.1) is 0 Å². The van der Waals surface area contributed by atoms with Gasteiger partial charge in [-0.25, -0.2) is 0 Å². The van der Waals surface area contributed by atoms with Crippen molar-refractivity contribution in [3.8, 4) is 33.6 Å². The Morgan fingerprint density at radius 1 is 0.265 bits per heavy atom. The van der Waals surface area contributed by atoms with Gasteiger partial charge in [0.2, 0.25) is 0 Å². The highest BCUT2D eigenvalue weighted by atomic mass is 19.4. The number of fused-ring (bicyclic) bond motifs is 20. The van der Waals surface area contributed by atoms with E-state index in [-0.39, 0.29) is 11.1 Å². The number of hydrogen-bond acceptors (Lipinski definition) is 2. The van der Waals surface area contributed by atoms with Gasteiger partial charge >= 0.3 is 12.4 Å². The van der Waals surface area contributed by atoms with Crippen LogP contribution < -0.4 is 0 Å². The minimum Gasteiger partial charge on any atom is -0.456 e. The molecule has 0 atom stereocenters. The van der Waals surface area contributed by atoms with Crippen molar-refractivity contribution in [1.82, 2.24) is 18.3 Å². The largest absolute Gasteiger partial charge is 0.456 e. The molecule has 0 aliphatic carbocycles. The molecule has 19 aromatic rings. The van der Waals surface area contributed by atoms with Crippen molar-refractivity contribution in [2.45, 2.75) is 51.1 Å². The molecule has 0 amide bonds. The van der Waals surface area contributed by atoms with Crippen molar-refractivity contribution in [2.24, 2.45) is 0 Å². The summed E-state index contributed by atoms with van der Waals surface area (Å²) < 4.78 is 120. The zero-order valence-corrected chi connectivity index (χ0v) is 53.3. The van der Waals surface area contributed by atoms with Crippen LogP contribution in [0.4, 0.5) is 26.3 Å². The molecule has 474 valence electrons. The molecular formula is C86H56F6N4O2. The number of para-hydroxylation sites is 8. The molecule has 0 saturated heterocycles. The number of alkyl halides is 6. The second-order valence-corrected chi connectivity index (χ2v) is 26.8. The number of aromatic nitrogens is 4. The third-order valence-electron chi connectivity index (χ3n) is 20.7. The first-order valence-electron chi connectivity index (χ1n) is 32.7. The van der Waals surface area contributed by atoms with Gasteiger partial charge in [0.1, 0.15) is 22.3 Å². The first kappa shape index (κ1) is 57.7.